The van der Waals surface area contributed by atoms with E-state index in [1.54, 1.807) is 13.0 Å². The lowest BCUT2D eigenvalue weighted by atomic mass is 10.1. The minimum Gasteiger partial charge on any atom is -0.423 e. The third-order valence-electron chi connectivity index (χ3n) is 2.30. The second-order valence-corrected chi connectivity index (χ2v) is 4.99. The van der Waals surface area contributed by atoms with Crippen LogP contribution in [-0.2, 0) is 15.2 Å². The van der Waals surface area contributed by atoms with E-state index in [4.69, 9.17) is 22.3 Å². The molecule has 6 nitrogen and oxygen atoms in total. The molecule has 7 heteroatoms. The van der Waals surface area contributed by atoms with E-state index in [1.165, 1.54) is 0 Å². The third kappa shape index (κ3) is 6.17. The Hall–Kier alpha value is -2.22. The Balaban J connectivity index is 0.000000383. The largest absolute Gasteiger partial charge is 0.423 e. The molecule has 0 saturated carbocycles. The van der Waals surface area contributed by atoms with Gasteiger partial charge in [-0.05, 0) is 18.4 Å². The number of fused-ring (bicyclic) bond motifs is 1. The standard InChI is InChI=1S/C14H12O2.H2O4S/c1-10(2)14(15)16-13-9-5-7-11-6-3-4-8-12(11)13;1-5(2,3)4/h3-9H,1H2,2H3;(H2,1,2,3,4). The summed E-state index contributed by atoms with van der Waals surface area (Å²) >= 11 is 0. The third-order valence-corrected chi connectivity index (χ3v) is 2.30. The highest BCUT2D eigenvalue weighted by atomic mass is 32.3. The van der Waals surface area contributed by atoms with Crippen LogP contribution in [0.4, 0.5) is 0 Å². The fourth-order valence-electron chi connectivity index (χ4n) is 1.47. The second-order valence-electron chi connectivity index (χ2n) is 4.09. The normalized spacial score (nSPS) is 10.4. The van der Waals surface area contributed by atoms with Crippen LogP contribution in [0.15, 0.2) is 54.6 Å². The van der Waals surface area contributed by atoms with E-state index in [0.717, 1.165) is 10.8 Å². The van der Waals surface area contributed by atoms with Crippen LogP contribution in [0.5, 0.6) is 5.75 Å². The maximum absolute atomic E-state index is 11.4. The first-order valence-electron chi connectivity index (χ1n) is 5.74. The van der Waals surface area contributed by atoms with Crippen LogP contribution in [0.25, 0.3) is 10.8 Å². The number of hydrogen-bond acceptors (Lipinski definition) is 4. The SMILES string of the molecule is C=C(C)C(=O)Oc1cccc2ccccc12.O=S(=O)(O)O. The molecular weight excluding hydrogens is 296 g/mol. The average molecular weight is 310 g/mol. The van der Waals surface area contributed by atoms with Gasteiger partial charge in [-0.2, -0.15) is 8.42 Å². The molecule has 2 aromatic rings. The lowest BCUT2D eigenvalue weighted by Gasteiger charge is -2.06. The fourth-order valence-corrected chi connectivity index (χ4v) is 1.47. The van der Waals surface area contributed by atoms with Gasteiger partial charge in [0.25, 0.3) is 0 Å². The molecule has 0 unspecified atom stereocenters. The van der Waals surface area contributed by atoms with E-state index >= 15 is 0 Å². The lowest BCUT2D eigenvalue weighted by Crippen LogP contribution is -2.08. The van der Waals surface area contributed by atoms with Crippen molar-refractivity contribution in [3.8, 4) is 5.75 Å². The fraction of sp³-hybridized carbons (Fsp3) is 0.0714. The first kappa shape index (κ1) is 16.8. The zero-order chi connectivity index (χ0) is 16.0. The first-order valence-corrected chi connectivity index (χ1v) is 7.13. The number of carbonyl (C=O) groups is 1. The average Bonchev–Trinajstić information content (AvgIpc) is 2.37. The van der Waals surface area contributed by atoms with Crippen LogP contribution in [0.1, 0.15) is 6.92 Å². The highest BCUT2D eigenvalue weighted by Gasteiger charge is 2.07. The van der Waals surface area contributed by atoms with E-state index < -0.39 is 16.4 Å². The second kappa shape index (κ2) is 6.98. The molecule has 0 aliphatic rings. The molecule has 21 heavy (non-hydrogen) atoms. The van der Waals surface area contributed by atoms with Gasteiger partial charge in [0.2, 0.25) is 0 Å². The summed E-state index contributed by atoms with van der Waals surface area (Å²) in [6, 6.07) is 13.4. The molecule has 2 N–H and O–H groups in total. The van der Waals surface area contributed by atoms with E-state index in [9.17, 15) is 4.79 Å². The van der Waals surface area contributed by atoms with Gasteiger partial charge in [0.1, 0.15) is 5.75 Å². The summed E-state index contributed by atoms with van der Waals surface area (Å²) in [5, 5.41) is 1.98. The van der Waals surface area contributed by atoms with Crippen molar-refractivity contribution in [3.05, 3.63) is 54.6 Å². The van der Waals surface area contributed by atoms with Crippen molar-refractivity contribution in [2.45, 2.75) is 6.92 Å². The molecule has 0 saturated heterocycles. The van der Waals surface area contributed by atoms with Gasteiger partial charge in [0.15, 0.2) is 0 Å². The van der Waals surface area contributed by atoms with Crippen LogP contribution < -0.4 is 4.74 Å². The molecule has 2 rings (SSSR count). The molecule has 0 atom stereocenters. The summed E-state index contributed by atoms with van der Waals surface area (Å²) in [5.41, 5.74) is 0.396. The molecule has 0 amide bonds. The number of esters is 1. The summed E-state index contributed by atoms with van der Waals surface area (Å²) in [4.78, 5) is 11.4. The highest BCUT2D eigenvalue weighted by Crippen LogP contribution is 2.25. The smallest absolute Gasteiger partial charge is 0.394 e. The van der Waals surface area contributed by atoms with Crippen LogP contribution >= 0.6 is 0 Å². The van der Waals surface area contributed by atoms with Gasteiger partial charge < -0.3 is 4.74 Å². The Morgan fingerprint density at radius 3 is 2.19 bits per heavy atom. The van der Waals surface area contributed by atoms with Gasteiger partial charge in [-0.1, -0.05) is 43.0 Å². The van der Waals surface area contributed by atoms with Gasteiger partial charge in [0.05, 0.1) is 0 Å². The van der Waals surface area contributed by atoms with Crippen molar-refractivity contribution in [1.29, 1.82) is 0 Å². The summed E-state index contributed by atoms with van der Waals surface area (Å²) < 4.78 is 36.8. The molecule has 0 fully saturated rings. The van der Waals surface area contributed by atoms with Crippen molar-refractivity contribution >= 4 is 27.1 Å². The number of carbonyl (C=O) groups excluding carboxylic acids is 1. The zero-order valence-electron chi connectivity index (χ0n) is 11.2. The van der Waals surface area contributed by atoms with Crippen molar-refractivity contribution in [2.75, 3.05) is 0 Å². The van der Waals surface area contributed by atoms with E-state index in [0.29, 0.717) is 11.3 Å². The summed E-state index contributed by atoms with van der Waals surface area (Å²) in [5.74, 6) is 0.183. The molecule has 0 spiro atoms. The van der Waals surface area contributed by atoms with Gasteiger partial charge >= 0.3 is 16.4 Å². The summed E-state index contributed by atoms with van der Waals surface area (Å²) in [7, 11) is -4.67. The van der Waals surface area contributed by atoms with Gasteiger partial charge in [0, 0.05) is 11.0 Å². The maximum atomic E-state index is 11.4. The molecule has 0 bridgehead atoms. The number of rotatable bonds is 2. The van der Waals surface area contributed by atoms with E-state index in [1.807, 2.05) is 36.4 Å². The van der Waals surface area contributed by atoms with E-state index in [-0.39, 0.29) is 0 Å². The van der Waals surface area contributed by atoms with Crippen LogP contribution in [0.2, 0.25) is 0 Å². The van der Waals surface area contributed by atoms with Crippen molar-refractivity contribution in [1.82, 2.24) is 0 Å². The molecule has 0 heterocycles. The van der Waals surface area contributed by atoms with Crippen LogP contribution in [0, 0.1) is 0 Å². The first-order chi connectivity index (χ1) is 9.68. The number of hydrogen-bond donors (Lipinski definition) is 2. The zero-order valence-corrected chi connectivity index (χ0v) is 12.0. The number of ether oxygens (including phenoxy) is 1. The Kier molecular flexibility index (Phi) is 5.60. The van der Waals surface area contributed by atoms with Gasteiger partial charge in [-0.3, -0.25) is 9.11 Å². The predicted octanol–water partition coefficient (Wildman–Crippen LogP) is 2.67. The maximum Gasteiger partial charge on any atom is 0.394 e. The molecular formula is C14H14O6S. The molecule has 0 radical (unpaired) electrons. The Morgan fingerprint density at radius 1 is 1.10 bits per heavy atom. The van der Waals surface area contributed by atoms with Crippen LogP contribution in [0.3, 0.4) is 0 Å². The Bertz CT molecular complexity index is 751. The highest BCUT2D eigenvalue weighted by molar-refractivity contribution is 7.79. The molecule has 0 aliphatic carbocycles. The lowest BCUT2D eigenvalue weighted by molar-refractivity contribution is -0.129. The minimum atomic E-state index is -4.67. The van der Waals surface area contributed by atoms with Crippen molar-refractivity contribution < 1.29 is 27.1 Å². The minimum absolute atomic E-state index is 0.392. The molecule has 112 valence electrons. The van der Waals surface area contributed by atoms with Gasteiger partial charge in [-0.25, -0.2) is 4.79 Å². The van der Waals surface area contributed by atoms with E-state index in [2.05, 4.69) is 6.58 Å². The Morgan fingerprint density at radius 2 is 1.62 bits per heavy atom. The summed E-state index contributed by atoms with van der Waals surface area (Å²) in [6.07, 6.45) is 0. The van der Waals surface area contributed by atoms with Crippen LogP contribution in [-0.4, -0.2) is 23.5 Å². The van der Waals surface area contributed by atoms with Crippen molar-refractivity contribution in [2.24, 2.45) is 0 Å². The topological polar surface area (TPSA) is 101 Å². The monoisotopic (exact) mass is 310 g/mol. The molecule has 2 aromatic carbocycles. The number of benzene rings is 2. The Labute approximate surface area is 122 Å². The molecule has 0 aromatic heterocycles. The van der Waals surface area contributed by atoms with Crippen molar-refractivity contribution in [3.63, 3.8) is 0 Å². The summed E-state index contributed by atoms with van der Waals surface area (Å²) in [6.45, 7) is 5.19. The van der Waals surface area contributed by atoms with Gasteiger partial charge in [-0.15, -0.1) is 0 Å². The molecule has 0 aliphatic heterocycles. The quantitative estimate of drug-likeness (QED) is 0.383. The predicted molar refractivity (Wildman–Crippen MR) is 78.6 cm³/mol.